The first kappa shape index (κ1) is 14.8. The van der Waals surface area contributed by atoms with Crippen LogP contribution in [0.4, 0.5) is 10.5 Å². The Labute approximate surface area is 119 Å². The summed E-state index contributed by atoms with van der Waals surface area (Å²) in [5.41, 5.74) is 7.26. The third kappa shape index (κ3) is 4.21. The number of aliphatic hydroxyl groups excluding tert-OH is 1. The molecule has 2 atom stereocenters. The zero-order valence-corrected chi connectivity index (χ0v) is 11.6. The van der Waals surface area contributed by atoms with E-state index in [0.29, 0.717) is 12.2 Å². The summed E-state index contributed by atoms with van der Waals surface area (Å²) < 4.78 is 0. The van der Waals surface area contributed by atoms with Crippen LogP contribution in [0.1, 0.15) is 37.7 Å². The SMILES string of the molecule is NCc1cccc(NC(=O)NC2CCCCCC2O)c1. The van der Waals surface area contributed by atoms with Crippen LogP contribution in [0.15, 0.2) is 24.3 Å². The maximum Gasteiger partial charge on any atom is 0.319 e. The lowest BCUT2D eigenvalue weighted by molar-refractivity contribution is 0.124. The minimum absolute atomic E-state index is 0.157. The molecule has 0 heterocycles. The summed E-state index contributed by atoms with van der Waals surface area (Å²) >= 11 is 0. The number of urea groups is 1. The van der Waals surface area contributed by atoms with Gasteiger partial charge < -0.3 is 21.5 Å². The van der Waals surface area contributed by atoms with Crippen LogP contribution in [0.2, 0.25) is 0 Å². The molecule has 0 aliphatic heterocycles. The van der Waals surface area contributed by atoms with E-state index in [1.165, 1.54) is 0 Å². The highest BCUT2D eigenvalue weighted by atomic mass is 16.3. The molecule has 20 heavy (non-hydrogen) atoms. The van der Waals surface area contributed by atoms with Gasteiger partial charge in [-0.1, -0.05) is 31.4 Å². The molecule has 0 saturated heterocycles. The Morgan fingerprint density at radius 3 is 2.90 bits per heavy atom. The third-order valence-electron chi connectivity index (χ3n) is 3.72. The number of carbonyl (C=O) groups is 1. The highest BCUT2D eigenvalue weighted by Crippen LogP contribution is 2.18. The van der Waals surface area contributed by atoms with Crippen LogP contribution in [0.5, 0.6) is 0 Å². The van der Waals surface area contributed by atoms with Gasteiger partial charge in [-0.05, 0) is 30.5 Å². The van der Waals surface area contributed by atoms with Crippen molar-refractivity contribution in [2.24, 2.45) is 5.73 Å². The lowest BCUT2D eigenvalue weighted by Crippen LogP contribution is -2.44. The maximum absolute atomic E-state index is 12.0. The Morgan fingerprint density at radius 2 is 2.10 bits per heavy atom. The maximum atomic E-state index is 12.0. The monoisotopic (exact) mass is 277 g/mol. The lowest BCUT2D eigenvalue weighted by atomic mass is 10.1. The number of nitrogens with two attached hydrogens (primary N) is 1. The molecule has 1 aliphatic carbocycles. The standard InChI is InChI=1S/C15H23N3O2/c16-10-11-5-4-6-12(9-11)17-15(20)18-13-7-2-1-3-8-14(13)19/h4-6,9,13-14,19H,1-3,7-8,10,16H2,(H2,17,18,20). The van der Waals surface area contributed by atoms with Gasteiger partial charge >= 0.3 is 6.03 Å². The minimum atomic E-state index is -0.446. The number of carbonyl (C=O) groups excluding carboxylic acids is 1. The summed E-state index contributed by atoms with van der Waals surface area (Å²) in [4.78, 5) is 12.0. The van der Waals surface area contributed by atoms with Crippen LogP contribution in [0, 0.1) is 0 Å². The van der Waals surface area contributed by atoms with Gasteiger partial charge in [-0.2, -0.15) is 0 Å². The van der Waals surface area contributed by atoms with Gasteiger partial charge in [0, 0.05) is 12.2 Å². The van der Waals surface area contributed by atoms with Gasteiger partial charge in [0.25, 0.3) is 0 Å². The Balaban J connectivity index is 1.90. The van der Waals surface area contributed by atoms with Gasteiger partial charge in [-0.25, -0.2) is 4.79 Å². The zero-order chi connectivity index (χ0) is 14.4. The van der Waals surface area contributed by atoms with Crippen LogP contribution >= 0.6 is 0 Å². The molecule has 0 radical (unpaired) electrons. The van der Waals surface area contributed by atoms with E-state index in [-0.39, 0.29) is 12.1 Å². The zero-order valence-electron chi connectivity index (χ0n) is 11.6. The van der Waals surface area contributed by atoms with Crippen molar-refractivity contribution in [2.45, 2.75) is 50.8 Å². The average Bonchev–Trinajstić information content (AvgIpc) is 2.64. The fourth-order valence-corrected chi connectivity index (χ4v) is 2.57. The molecular weight excluding hydrogens is 254 g/mol. The summed E-state index contributed by atoms with van der Waals surface area (Å²) in [6.45, 7) is 0.443. The molecule has 2 unspecified atom stereocenters. The van der Waals surface area contributed by atoms with Crippen molar-refractivity contribution in [2.75, 3.05) is 5.32 Å². The van der Waals surface area contributed by atoms with Gasteiger partial charge in [-0.3, -0.25) is 0 Å². The fraction of sp³-hybridized carbons (Fsp3) is 0.533. The van der Waals surface area contributed by atoms with E-state index in [1.54, 1.807) is 0 Å². The molecule has 5 heteroatoms. The summed E-state index contributed by atoms with van der Waals surface area (Å²) in [5.74, 6) is 0. The second-order valence-electron chi connectivity index (χ2n) is 5.31. The second-order valence-corrected chi connectivity index (χ2v) is 5.31. The van der Waals surface area contributed by atoms with Crippen LogP contribution in [0.3, 0.4) is 0 Å². The van der Waals surface area contributed by atoms with Crippen LogP contribution in [-0.2, 0) is 6.54 Å². The van der Waals surface area contributed by atoms with Gasteiger partial charge in [0.1, 0.15) is 0 Å². The molecule has 110 valence electrons. The molecule has 2 rings (SSSR count). The minimum Gasteiger partial charge on any atom is -0.391 e. The first-order valence-electron chi connectivity index (χ1n) is 7.23. The Morgan fingerprint density at radius 1 is 1.30 bits per heavy atom. The van der Waals surface area contributed by atoms with Gasteiger partial charge in [0.15, 0.2) is 0 Å². The van der Waals surface area contributed by atoms with Gasteiger partial charge in [0.05, 0.1) is 12.1 Å². The van der Waals surface area contributed by atoms with E-state index in [1.807, 2.05) is 24.3 Å². The largest absolute Gasteiger partial charge is 0.391 e. The van der Waals surface area contributed by atoms with E-state index in [2.05, 4.69) is 10.6 Å². The molecule has 0 aromatic heterocycles. The fourth-order valence-electron chi connectivity index (χ4n) is 2.57. The number of aliphatic hydroxyl groups is 1. The molecule has 1 saturated carbocycles. The van der Waals surface area contributed by atoms with E-state index in [0.717, 1.165) is 37.7 Å². The van der Waals surface area contributed by atoms with E-state index >= 15 is 0 Å². The van der Waals surface area contributed by atoms with Crippen molar-refractivity contribution in [1.82, 2.24) is 5.32 Å². The van der Waals surface area contributed by atoms with Gasteiger partial charge in [-0.15, -0.1) is 0 Å². The van der Waals surface area contributed by atoms with E-state index < -0.39 is 6.10 Å². The summed E-state index contributed by atoms with van der Waals surface area (Å²) in [6.07, 6.45) is 4.34. The molecule has 5 N–H and O–H groups in total. The number of nitrogens with one attached hydrogen (secondary N) is 2. The second kappa shape index (κ2) is 7.26. The summed E-state index contributed by atoms with van der Waals surface area (Å²) in [7, 11) is 0. The molecule has 2 amide bonds. The molecule has 1 aromatic carbocycles. The number of hydrogen-bond donors (Lipinski definition) is 4. The van der Waals surface area contributed by atoms with Crippen molar-refractivity contribution in [3.63, 3.8) is 0 Å². The van der Waals surface area contributed by atoms with E-state index in [4.69, 9.17) is 5.73 Å². The molecular formula is C15H23N3O2. The number of amides is 2. The topological polar surface area (TPSA) is 87.4 Å². The molecule has 0 spiro atoms. The lowest BCUT2D eigenvalue weighted by Gasteiger charge is -2.22. The highest BCUT2D eigenvalue weighted by molar-refractivity contribution is 5.89. The molecule has 1 aromatic rings. The number of hydrogen-bond acceptors (Lipinski definition) is 3. The van der Waals surface area contributed by atoms with Crippen molar-refractivity contribution in [1.29, 1.82) is 0 Å². The van der Waals surface area contributed by atoms with Gasteiger partial charge in [0.2, 0.25) is 0 Å². The van der Waals surface area contributed by atoms with Crippen molar-refractivity contribution >= 4 is 11.7 Å². The third-order valence-corrected chi connectivity index (χ3v) is 3.72. The highest BCUT2D eigenvalue weighted by Gasteiger charge is 2.23. The molecule has 1 aliphatic rings. The van der Waals surface area contributed by atoms with Crippen LogP contribution < -0.4 is 16.4 Å². The van der Waals surface area contributed by atoms with E-state index in [9.17, 15) is 9.90 Å². The molecule has 5 nitrogen and oxygen atoms in total. The predicted molar refractivity (Wildman–Crippen MR) is 79.4 cm³/mol. The number of anilines is 1. The Kier molecular flexibility index (Phi) is 5.38. The first-order valence-corrected chi connectivity index (χ1v) is 7.23. The smallest absolute Gasteiger partial charge is 0.319 e. The number of rotatable bonds is 3. The molecule has 0 bridgehead atoms. The normalized spacial score (nSPS) is 22.9. The number of benzene rings is 1. The quantitative estimate of drug-likeness (QED) is 0.637. The van der Waals surface area contributed by atoms with Crippen molar-refractivity contribution in [3.05, 3.63) is 29.8 Å². The predicted octanol–water partition coefficient (Wildman–Crippen LogP) is 1.96. The first-order chi connectivity index (χ1) is 9.69. The van der Waals surface area contributed by atoms with Crippen molar-refractivity contribution in [3.8, 4) is 0 Å². The summed E-state index contributed by atoms with van der Waals surface area (Å²) in [6, 6.07) is 7.02. The average molecular weight is 277 g/mol. The van der Waals surface area contributed by atoms with Crippen molar-refractivity contribution < 1.29 is 9.90 Å². The molecule has 1 fully saturated rings. The van der Waals surface area contributed by atoms with Crippen LogP contribution in [-0.4, -0.2) is 23.3 Å². The van der Waals surface area contributed by atoms with Crippen LogP contribution in [0.25, 0.3) is 0 Å². The Hall–Kier alpha value is -1.59. The Bertz CT molecular complexity index is 450. The summed E-state index contributed by atoms with van der Waals surface area (Å²) in [5, 5.41) is 15.6.